The SMILES string of the molecule is CCn1cnnc1CNS(=O)(=O)c1ccc(C(N)=S)s1. The van der Waals surface area contributed by atoms with Gasteiger partial charge in [0.05, 0.1) is 11.4 Å². The van der Waals surface area contributed by atoms with Crippen LogP contribution >= 0.6 is 23.6 Å². The number of sulfonamides is 1. The number of aromatic nitrogens is 3. The number of rotatable bonds is 6. The second-order valence-corrected chi connectivity index (χ2v) is 7.36. The summed E-state index contributed by atoms with van der Waals surface area (Å²) in [5.74, 6) is 0.558. The molecule has 0 spiro atoms. The average molecular weight is 331 g/mol. The first-order chi connectivity index (χ1) is 9.44. The van der Waals surface area contributed by atoms with Gasteiger partial charge in [0.2, 0.25) is 10.0 Å². The lowest BCUT2D eigenvalue weighted by Crippen LogP contribution is -2.24. The van der Waals surface area contributed by atoms with E-state index in [-0.39, 0.29) is 15.7 Å². The fourth-order valence-corrected chi connectivity index (χ4v) is 3.88. The van der Waals surface area contributed by atoms with Gasteiger partial charge in [0, 0.05) is 6.54 Å². The molecule has 0 amide bonds. The molecule has 0 saturated carbocycles. The standard InChI is InChI=1S/C10H13N5O2S3/c1-2-15-6-12-14-8(15)5-13-20(16,17)9-4-3-7(19-9)10(11)18/h3-4,6,13H,2,5H2,1H3,(H2,11,18). The lowest BCUT2D eigenvalue weighted by atomic mass is 10.5. The van der Waals surface area contributed by atoms with E-state index in [1.54, 1.807) is 17.0 Å². The normalized spacial score (nSPS) is 11.7. The zero-order valence-electron chi connectivity index (χ0n) is 10.6. The molecule has 0 atom stereocenters. The van der Waals surface area contributed by atoms with Gasteiger partial charge in [0.1, 0.15) is 21.3 Å². The van der Waals surface area contributed by atoms with Crippen molar-refractivity contribution in [1.29, 1.82) is 0 Å². The third-order valence-corrected chi connectivity index (χ3v) is 5.91. The van der Waals surface area contributed by atoms with Crippen LogP contribution in [0.2, 0.25) is 0 Å². The molecule has 3 N–H and O–H groups in total. The molecule has 0 fully saturated rings. The van der Waals surface area contributed by atoms with Crippen molar-refractivity contribution in [2.24, 2.45) is 5.73 Å². The Hall–Kier alpha value is -1.36. The van der Waals surface area contributed by atoms with Gasteiger partial charge in [-0.05, 0) is 19.1 Å². The highest BCUT2D eigenvalue weighted by Crippen LogP contribution is 2.21. The van der Waals surface area contributed by atoms with Gasteiger partial charge in [-0.3, -0.25) is 0 Å². The van der Waals surface area contributed by atoms with Gasteiger partial charge in [-0.2, -0.15) is 0 Å². The summed E-state index contributed by atoms with van der Waals surface area (Å²) < 4.78 is 28.7. The Morgan fingerprint density at radius 3 is 2.90 bits per heavy atom. The van der Waals surface area contributed by atoms with Crippen LogP contribution in [-0.4, -0.2) is 28.2 Å². The molecule has 0 aliphatic carbocycles. The average Bonchev–Trinajstić information content (AvgIpc) is 3.05. The van der Waals surface area contributed by atoms with Crippen LogP contribution in [0, 0.1) is 0 Å². The van der Waals surface area contributed by atoms with Crippen LogP contribution in [-0.2, 0) is 23.1 Å². The molecule has 7 nitrogen and oxygen atoms in total. The zero-order valence-corrected chi connectivity index (χ0v) is 13.1. The molecular weight excluding hydrogens is 318 g/mol. The number of thiophene rings is 1. The summed E-state index contributed by atoms with van der Waals surface area (Å²) in [7, 11) is -3.60. The Kier molecular flexibility index (Phi) is 4.48. The van der Waals surface area contributed by atoms with Crippen LogP contribution in [0.15, 0.2) is 22.7 Å². The first-order valence-corrected chi connectivity index (χ1v) is 8.41. The van der Waals surface area contributed by atoms with Crippen molar-refractivity contribution in [3.8, 4) is 0 Å². The topological polar surface area (TPSA) is 103 Å². The van der Waals surface area contributed by atoms with E-state index in [0.29, 0.717) is 17.2 Å². The molecule has 20 heavy (non-hydrogen) atoms. The van der Waals surface area contributed by atoms with Gasteiger partial charge in [0.25, 0.3) is 0 Å². The van der Waals surface area contributed by atoms with Crippen molar-refractivity contribution in [3.63, 3.8) is 0 Å². The monoisotopic (exact) mass is 331 g/mol. The van der Waals surface area contributed by atoms with E-state index >= 15 is 0 Å². The number of thiocarbonyl (C=S) groups is 1. The third-order valence-electron chi connectivity index (χ3n) is 2.55. The molecule has 2 aromatic heterocycles. The fraction of sp³-hybridized carbons (Fsp3) is 0.300. The number of nitrogens with two attached hydrogens (primary N) is 1. The van der Waals surface area contributed by atoms with E-state index in [4.69, 9.17) is 18.0 Å². The predicted molar refractivity (Wildman–Crippen MR) is 79.9 cm³/mol. The summed E-state index contributed by atoms with van der Waals surface area (Å²) in [6.07, 6.45) is 1.56. The molecule has 2 rings (SSSR count). The second-order valence-electron chi connectivity index (χ2n) is 3.84. The molecule has 0 aromatic carbocycles. The summed E-state index contributed by atoms with van der Waals surface area (Å²) in [4.78, 5) is 0.749. The van der Waals surface area contributed by atoms with Gasteiger partial charge in [0.15, 0.2) is 0 Å². The second kappa shape index (κ2) is 5.95. The first kappa shape index (κ1) is 15.0. The lowest BCUT2D eigenvalue weighted by molar-refractivity contribution is 0.577. The summed E-state index contributed by atoms with van der Waals surface area (Å²) in [6.45, 7) is 2.68. The van der Waals surface area contributed by atoms with E-state index in [1.165, 1.54) is 6.07 Å². The van der Waals surface area contributed by atoms with Crippen molar-refractivity contribution in [1.82, 2.24) is 19.5 Å². The first-order valence-electron chi connectivity index (χ1n) is 5.70. The molecule has 0 aliphatic rings. The Morgan fingerprint density at radius 1 is 1.55 bits per heavy atom. The number of nitrogens with zero attached hydrogens (tertiary/aromatic N) is 3. The maximum absolute atomic E-state index is 12.1. The van der Waals surface area contributed by atoms with Gasteiger partial charge in [-0.1, -0.05) is 12.2 Å². The van der Waals surface area contributed by atoms with Crippen LogP contribution < -0.4 is 10.5 Å². The molecule has 2 heterocycles. The summed E-state index contributed by atoms with van der Waals surface area (Å²) in [5.41, 5.74) is 5.46. The molecule has 0 aliphatic heterocycles. The van der Waals surface area contributed by atoms with Crippen LogP contribution in [0.1, 0.15) is 17.6 Å². The highest BCUT2D eigenvalue weighted by molar-refractivity contribution is 7.91. The van der Waals surface area contributed by atoms with E-state index in [9.17, 15) is 8.42 Å². The maximum Gasteiger partial charge on any atom is 0.250 e. The summed E-state index contributed by atoms with van der Waals surface area (Å²) in [6, 6.07) is 3.07. The van der Waals surface area contributed by atoms with E-state index in [0.717, 1.165) is 11.3 Å². The van der Waals surface area contributed by atoms with Crippen LogP contribution in [0.3, 0.4) is 0 Å². The van der Waals surface area contributed by atoms with Crippen molar-refractivity contribution in [3.05, 3.63) is 29.2 Å². The Balaban J connectivity index is 2.13. The largest absolute Gasteiger partial charge is 0.389 e. The summed E-state index contributed by atoms with van der Waals surface area (Å²) >= 11 is 5.85. The molecule has 2 aromatic rings. The Morgan fingerprint density at radius 2 is 2.30 bits per heavy atom. The highest BCUT2D eigenvalue weighted by Gasteiger charge is 2.18. The minimum Gasteiger partial charge on any atom is -0.389 e. The molecular formula is C10H13N5O2S3. The van der Waals surface area contributed by atoms with E-state index in [2.05, 4.69) is 14.9 Å². The van der Waals surface area contributed by atoms with E-state index < -0.39 is 10.0 Å². The van der Waals surface area contributed by atoms with Crippen LogP contribution in [0.4, 0.5) is 0 Å². The number of hydrogen-bond acceptors (Lipinski definition) is 6. The molecule has 0 radical (unpaired) electrons. The van der Waals surface area contributed by atoms with Crippen molar-refractivity contribution in [2.45, 2.75) is 24.2 Å². The Bertz CT molecular complexity index is 719. The minimum absolute atomic E-state index is 0.0798. The number of nitrogens with one attached hydrogen (secondary N) is 1. The van der Waals surface area contributed by atoms with Gasteiger partial charge < -0.3 is 10.3 Å². The quantitative estimate of drug-likeness (QED) is 0.746. The lowest BCUT2D eigenvalue weighted by Gasteiger charge is -2.05. The zero-order chi connectivity index (χ0) is 14.8. The molecule has 108 valence electrons. The fourth-order valence-electron chi connectivity index (χ4n) is 1.51. The predicted octanol–water partition coefficient (Wildman–Crippen LogP) is 0.472. The molecule has 0 unspecified atom stereocenters. The maximum atomic E-state index is 12.1. The molecule has 10 heteroatoms. The van der Waals surface area contributed by atoms with E-state index in [1.807, 2.05) is 6.92 Å². The minimum atomic E-state index is -3.60. The van der Waals surface area contributed by atoms with Crippen molar-refractivity contribution in [2.75, 3.05) is 0 Å². The van der Waals surface area contributed by atoms with Crippen LogP contribution in [0.25, 0.3) is 0 Å². The number of aryl methyl sites for hydroxylation is 1. The number of hydrogen-bond donors (Lipinski definition) is 2. The highest BCUT2D eigenvalue weighted by atomic mass is 32.2. The van der Waals surface area contributed by atoms with Crippen molar-refractivity contribution >= 4 is 38.6 Å². The smallest absolute Gasteiger partial charge is 0.250 e. The summed E-state index contributed by atoms with van der Waals surface area (Å²) in [5, 5.41) is 7.61. The molecule has 0 saturated heterocycles. The van der Waals surface area contributed by atoms with Crippen LogP contribution in [0.5, 0.6) is 0 Å². The van der Waals surface area contributed by atoms with Crippen molar-refractivity contribution < 1.29 is 8.42 Å². The van der Waals surface area contributed by atoms with Gasteiger partial charge >= 0.3 is 0 Å². The third kappa shape index (κ3) is 3.20. The molecule has 0 bridgehead atoms. The Labute approximate surface area is 125 Å². The van der Waals surface area contributed by atoms with Gasteiger partial charge in [-0.25, -0.2) is 13.1 Å². The van der Waals surface area contributed by atoms with Gasteiger partial charge in [-0.15, -0.1) is 21.5 Å².